The van der Waals surface area contributed by atoms with Gasteiger partial charge < -0.3 is 15.0 Å². The molecule has 2 aromatic heterocycles. The second kappa shape index (κ2) is 10.7. The molecule has 2 heterocycles. The van der Waals surface area contributed by atoms with Gasteiger partial charge in [0.25, 0.3) is 5.91 Å². The normalized spacial score (nSPS) is 11.0. The summed E-state index contributed by atoms with van der Waals surface area (Å²) < 4.78 is 2.13. The fourth-order valence-corrected chi connectivity index (χ4v) is 4.02. The first-order valence-electron chi connectivity index (χ1n) is 11.6. The van der Waals surface area contributed by atoms with Crippen molar-refractivity contribution < 1.29 is 14.7 Å². The molecular weight excluding hydrogens is 428 g/mol. The minimum absolute atomic E-state index is 0.205. The lowest BCUT2D eigenvalue weighted by atomic mass is 10.1. The van der Waals surface area contributed by atoms with E-state index in [4.69, 9.17) is 4.98 Å². The fourth-order valence-electron chi connectivity index (χ4n) is 4.02. The van der Waals surface area contributed by atoms with Gasteiger partial charge in [-0.3, -0.25) is 9.78 Å². The summed E-state index contributed by atoms with van der Waals surface area (Å²) in [7, 11) is 0. The van der Waals surface area contributed by atoms with Gasteiger partial charge in [-0.2, -0.15) is 0 Å². The van der Waals surface area contributed by atoms with Crippen molar-refractivity contribution in [1.29, 1.82) is 0 Å². The van der Waals surface area contributed by atoms with Crippen LogP contribution in [0.2, 0.25) is 0 Å². The number of aryl methyl sites for hydroxylation is 1. The third-order valence-electron chi connectivity index (χ3n) is 5.78. The van der Waals surface area contributed by atoms with Crippen LogP contribution >= 0.6 is 0 Å². The average Bonchev–Trinajstić information content (AvgIpc) is 3.22. The number of rotatable bonds is 10. The minimum Gasteiger partial charge on any atom is -0.478 e. The van der Waals surface area contributed by atoms with Crippen molar-refractivity contribution in [1.82, 2.24) is 14.5 Å². The van der Waals surface area contributed by atoms with E-state index in [1.807, 2.05) is 24.3 Å². The van der Waals surface area contributed by atoms with Crippen LogP contribution in [0.15, 0.2) is 67.0 Å². The molecule has 4 aromatic rings. The number of amides is 1. The number of anilines is 1. The van der Waals surface area contributed by atoms with Crippen molar-refractivity contribution in [3.63, 3.8) is 0 Å². The summed E-state index contributed by atoms with van der Waals surface area (Å²) in [5.74, 6) is -0.485. The number of aromatic nitrogens is 3. The van der Waals surface area contributed by atoms with Crippen LogP contribution in [-0.2, 0) is 6.54 Å². The maximum atomic E-state index is 12.8. The lowest BCUT2D eigenvalue weighted by Crippen LogP contribution is -2.12. The summed E-state index contributed by atoms with van der Waals surface area (Å²) in [6, 6.07) is 15.9. The first kappa shape index (κ1) is 23.2. The molecule has 2 N–H and O–H groups in total. The van der Waals surface area contributed by atoms with Crippen LogP contribution in [0.4, 0.5) is 5.69 Å². The van der Waals surface area contributed by atoms with Crippen LogP contribution in [0, 0.1) is 0 Å². The molecule has 0 fully saturated rings. The Morgan fingerprint density at radius 3 is 2.59 bits per heavy atom. The zero-order chi connectivity index (χ0) is 23.9. The Hall–Kier alpha value is -4.00. The highest BCUT2D eigenvalue weighted by Crippen LogP contribution is 2.27. The highest BCUT2D eigenvalue weighted by atomic mass is 16.4. The summed E-state index contributed by atoms with van der Waals surface area (Å²) in [5, 5.41) is 12.3. The summed E-state index contributed by atoms with van der Waals surface area (Å²) >= 11 is 0. The van der Waals surface area contributed by atoms with Crippen molar-refractivity contribution in [3.05, 3.63) is 78.1 Å². The van der Waals surface area contributed by atoms with Crippen molar-refractivity contribution in [2.45, 2.75) is 45.6 Å². The van der Waals surface area contributed by atoms with Gasteiger partial charge in [-0.15, -0.1) is 0 Å². The lowest BCUT2D eigenvalue weighted by Gasteiger charge is -2.11. The van der Waals surface area contributed by atoms with Gasteiger partial charge in [-0.05, 0) is 48.9 Å². The van der Waals surface area contributed by atoms with Crippen LogP contribution in [0.25, 0.3) is 22.4 Å². The Morgan fingerprint density at radius 1 is 0.971 bits per heavy atom. The molecule has 1 amide bonds. The van der Waals surface area contributed by atoms with E-state index >= 15 is 0 Å². The fraction of sp³-hybridized carbons (Fsp3) is 0.259. The number of aromatic carboxylic acids is 1. The van der Waals surface area contributed by atoms with E-state index in [1.54, 1.807) is 42.7 Å². The van der Waals surface area contributed by atoms with Crippen LogP contribution in [-0.4, -0.2) is 31.5 Å². The molecular formula is C27H28N4O3. The van der Waals surface area contributed by atoms with E-state index in [9.17, 15) is 14.7 Å². The Morgan fingerprint density at radius 2 is 1.82 bits per heavy atom. The predicted molar refractivity (Wildman–Crippen MR) is 133 cm³/mol. The highest BCUT2D eigenvalue weighted by Gasteiger charge is 2.16. The SMILES string of the molecule is CCCCCCCn1c(-c2cccc(C(=O)Nc3cccnc3)c2)nc2cc(C(=O)O)ccc21. The number of hydrogen-bond acceptors (Lipinski definition) is 4. The lowest BCUT2D eigenvalue weighted by molar-refractivity contribution is 0.0696. The number of benzene rings is 2. The van der Waals surface area contributed by atoms with Crippen molar-refractivity contribution in [2.24, 2.45) is 0 Å². The van der Waals surface area contributed by atoms with Crippen LogP contribution in [0.1, 0.15) is 59.7 Å². The number of carbonyl (C=O) groups excluding carboxylic acids is 1. The molecule has 7 nitrogen and oxygen atoms in total. The molecule has 0 aliphatic carbocycles. The third kappa shape index (κ3) is 5.31. The van der Waals surface area contributed by atoms with Gasteiger partial charge in [0, 0.05) is 23.9 Å². The number of fused-ring (bicyclic) bond motifs is 1. The van der Waals surface area contributed by atoms with Crippen LogP contribution in [0.5, 0.6) is 0 Å². The van der Waals surface area contributed by atoms with Crippen molar-refractivity contribution in [3.8, 4) is 11.4 Å². The summed E-state index contributed by atoms with van der Waals surface area (Å²) in [6.45, 7) is 2.97. The highest BCUT2D eigenvalue weighted by molar-refractivity contribution is 6.05. The number of nitrogens with one attached hydrogen (secondary N) is 1. The monoisotopic (exact) mass is 456 g/mol. The maximum Gasteiger partial charge on any atom is 0.335 e. The zero-order valence-corrected chi connectivity index (χ0v) is 19.2. The molecule has 2 aromatic carbocycles. The number of hydrogen-bond donors (Lipinski definition) is 2. The first-order chi connectivity index (χ1) is 16.6. The molecule has 4 rings (SSSR count). The molecule has 0 aliphatic heterocycles. The van der Waals surface area contributed by atoms with Gasteiger partial charge in [0.2, 0.25) is 0 Å². The van der Waals surface area contributed by atoms with E-state index in [1.165, 1.54) is 19.3 Å². The molecule has 0 bridgehead atoms. The number of imidazole rings is 1. The molecule has 0 spiro atoms. The number of unbranched alkanes of at least 4 members (excludes halogenated alkanes) is 4. The predicted octanol–water partition coefficient (Wildman–Crippen LogP) is 6.02. The molecule has 174 valence electrons. The molecule has 7 heteroatoms. The van der Waals surface area contributed by atoms with E-state index < -0.39 is 5.97 Å². The molecule has 34 heavy (non-hydrogen) atoms. The molecule has 0 saturated carbocycles. The molecule has 0 unspecified atom stereocenters. The Bertz CT molecular complexity index is 1300. The third-order valence-corrected chi connectivity index (χ3v) is 5.78. The average molecular weight is 457 g/mol. The summed E-state index contributed by atoms with van der Waals surface area (Å²) in [6.07, 6.45) is 8.96. The van der Waals surface area contributed by atoms with E-state index in [0.717, 1.165) is 36.3 Å². The number of carboxylic acid groups (broad SMARTS) is 1. The number of pyridine rings is 1. The molecule has 0 aliphatic rings. The molecule has 0 radical (unpaired) electrons. The van der Waals surface area contributed by atoms with Crippen molar-refractivity contribution in [2.75, 3.05) is 5.32 Å². The standard InChI is InChI=1S/C27H28N4O3/c1-2-3-4-5-6-15-31-24-13-12-21(27(33)34)17-23(24)30-25(31)19-9-7-10-20(16-19)26(32)29-22-11-8-14-28-18-22/h7-14,16-18H,2-6,15H2,1H3,(H,29,32)(H,33,34). The van der Waals surface area contributed by atoms with Gasteiger partial charge >= 0.3 is 5.97 Å². The van der Waals surface area contributed by atoms with E-state index in [0.29, 0.717) is 16.8 Å². The topological polar surface area (TPSA) is 97.1 Å². The van der Waals surface area contributed by atoms with Crippen LogP contribution in [0.3, 0.4) is 0 Å². The first-order valence-corrected chi connectivity index (χ1v) is 11.6. The van der Waals surface area contributed by atoms with E-state index in [2.05, 4.69) is 21.8 Å². The van der Waals surface area contributed by atoms with Gasteiger partial charge in [0.1, 0.15) is 5.82 Å². The van der Waals surface area contributed by atoms with E-state index in [-0.39, 0.29) is 11.5 Å². The van der Waals surface area contributed by atoms with Gasteiger partial charge in [-0.25, -0.2) is 9.78 Å². The van der Waals surface area contributed by atoms with Crippen LogP contribution < -0.4 is 5.32 Å². The second-order valence-electron chi connectivity index (χ2n) is 8.29. The number of nitrogens with zero attached hydrogens (tertiary/aromatic N) is 3. The molecule has 0 atom stereocenters. The molecule has 0 saturated heterocycles. The quantitative estimate of drug-likeness (QED) is 0.284. The minimum atomic E-state index is -0.980. The number of carboxylic acids is 1. The van der Waals surface area contributed by atoms with Gasteiger partial charge in [0.15, 0.2) is 0 Å². The second-order valence-corrected chi connectivity index (χ2v) is 8.29. The van der Waals surface area contributed by atoms with Gasteiger partial charge in [0.05, 0.1) is 28.5 Å². The zero-order valence-electron chi connectivity index (χ0n) is 19.2. The Balaban J connectivity index is 1.67. The van der Waals surface area contributed by atoms with Crippen molar-refractivity contribution >= 4 is 28.6 Å². The largest absolute Gasteiger partial charge is 0.478 e. The Kier molecular flexibility index (Phi) is 7.32. The van der Waals surface area contributed by atoms with Gasteiger partial charge in [-0.1, -0.05) is 44.7 Å². The summed E-state index contributed by atoms with van der Waals surface area (Å²) in [4.78, 5) is 33.1. The smallest absolute Gasteiger partial charge is 0.335 e. The Labute approximate surface area is 198 Å². The number of carbonyl (C=O) groups is 2. The maximum absolute atomic E-state index is 12.8. The summed E-state index contributed by atoms with van der Waals surface area (Å²) in [5.41, 5.74) is 3.67.